The van der Waals surface area contributed by atoms with Crippen LogP contribution in [0.25, 0.3) is 27.9 Å². The number of H-pyrrole nitrogens is 1. The van der Waals surface area contributed by atoms with Crippen LogP contribution in [0.15, 0.2) is 48.2 Å². The van der Waals surface area contributed by atoms with Crippen molar-refractivity contribution in [2.75, 3.05) is 13.2 Å². The Labute approximate surface area is 178 Å². The second-order valence-electron chi connectivity index (χ2n) is 7.14. The number of thiophene rings is 1. The van der Waals surface area contributed by atoms with Gasteiger partial charge in [0.1, 0.15) is 18.5 Å². The van der Waals surface area contributed by atoms with Crippen LogP contribution < -0.4 is 14.6 Å². The second-order valence-corrected chi connectivity index (χ2v) is 8.05. The molecule has 1 aliphatic rings. The monoisotopic (exact) mass is 445 g/mol. The Morgan fingerprint density at radius 3 is 2.97 bits per heavy atom. The van der Waals surface area contributed by atoms with Crippen LogP contribution in [0.1, 0.15) is 15.2 Å². The Bertz CT molecular complexity index is 1300. The average molecular weight is 445 g/mol. The molecular weight excluding hydrogens is 429 g/mol. The van der Waals surface area contributed by atoms with Crippen LogP contribution in [0.2, 0.25) is 0 Å². The summed E-state index contributed by atoms with van der Waals surface area (Å²) >= 11 is 1.08. The second kappa shape index (κ2) is 7.38. The number of alkyl halides is 3. The molecule has 0 aliphatic carbocycles. The number of halogens is 3. The number of aromatic amines is 1. The highest BCUT2D eigenvalue weighted by atomic mass is 32.1. The molecule has 4 aromatic rings. The molecule has 1 amide bonds. The number of nitrogens with one attached hydrogen (secondary N) is 2. The van der Waals surface area contributed by atoms with Crippen molar-refractivity contribution in [1.29, 1.82) is 0 Å². The Balaban J connectivity index is 1.41. The van der Waals surface area contributed by atoms with Gasteiger partial charge in [-0.25, -0.2) is 5.10 Å². The lowest BCUT2D eigenvalue weighted by Gasteiger charge is -2.06. The standard InChI is InChI=1S/C21H15F3N4O2S/c22-21(23,24)11-26-20(29)18-6-14(10-31-18)16-8-27-28-9-15(7-25-19(16)28)12-1-2-17-13(5-12)3-4-30-17/h1-2,5-10H,3-4,11H2,(H,26,29)/p+1. The Morgan fingerprint density at radius 2 is 2.13 bits per heavy atom. The fourth-order valence-corrected chi connectivity index (χ4v) is 4.34. The first-order valence-electron chi connectivity index (χ1n) is 9.46. The predicted molar refractivity (Wildman–Crippen MR) is 108 cm³/mol. The zero-order chi connectivity index (χ0) is 21.6. The molecule has 0 radical (unpaired) electrons. The van der Waals surface area contributed by atoms with Crippen molar-refractivity contribution < 1.29 is 27.2 Å². The smallest absolute Gasteiger partial charge is 0.405 e. The van der Waals surface area contributed by atoms with E-state index in [2.05, 4.69) is 16.1 Å². The number of hydrogen-bond donors (Lipinski definition) is 2. The molecular formula is C21H16F3N4O2S+. The topological polar surface area (TPSA) is 71.1 Å². The van der Waals surface area contributed by atoms with Crippen LogP contribution >= 0.6 is 11.3 Å². The first-order valence-corrected chi connectivity index (χ1v) is 10.3. The van der Waals surface area contributed by atoms with Crippen LogP contribution in [0.5, 0.6) is 5.75 Å². The van der Waals surface area contributed by atoms with Gasteiger partial charge in [-0.2, -0.15) is 13.2 Å². The van der Waals surface area contributed by atoms with E-state index >= 15 is 0 Å². The number of aromatic nitrogens is 3. The summed E-state index contributed by atoms with van der Waals surface area (Å²) in [6, 6.07) is 7.61. The van der Waals surface area contributed by atoms with Crippen molar-refractivity contribution in [1.82, 2.24) is 15.4 Å². The fourth-order valence-electron chi connectivity index (χ4n) is 3.51. The highest BCUT2D eigenvalue weighted by Crippen LogP contribution is 2.31. The number of rotatable bonds is 4. The number of nitrogens with zero attached hydrogens (tertiary/aromatic N) is 2. The summed E-state index contributed by atoms with van der Waals surface area (Å²) in [4.78, 5) is 16.8. The van der Waals surface area contributed by atoms with E-state index in [1.807, 2.05) is 23.6 Å². The zero-order valence-electron chi connectivity index (χ0n) is 16.0. The van der Waals surface area contributed by atoms with Crippen LogP contribution in [0, 0.1) is 0 Å². The molecule has 0 saturated heterocycles. The summed E-state index contributed by atoms with van der Waals surface area (Å²) < 4.78 is 44.3. The number of amides is 1. The van der Waals surface area contributed by atoms with E-state index in [4.69, 9.17) is 4.74 Å². The molecule has 0 atom stereocenters. The van der Waals surface area contributed by atoms with Crippen LogP contribution in [-0.4, -0.2) is 35.3 Å². The van der Waals surface area contributed by atoms with Crippen molar-refractivity contribution in [2.45, 2.75) is 12.6 Å². The number of carbonyl (C=O) groups is 1. The lowest BCUT2D eigenvalue weighted by Crippen LogP contribution is -2.33. The van der Waals surface area contributed by atoms with Gasteiger partial charge in [-0.05, 0) is 39.7 Å². The van der Waals surface area contributed by atoms with E-state index in [1.165, 1.54) is 5.56 Å². The van der Waals surface area contributed by atoms with E-state index in [9.17, 15) is 18.0 Å². The van der Waals surface area contributed by atoms with E-state index in [0.29, 0.717) is 17.8 Å². The number of ether oxygens (including phenoxy) is 1. The maximum atomic E-state index is 12.3. The fraction of sp³-hybridized carbons (Fsp3) is 0.190. The van der Waals surface area contributed by atoms with Crippen LogP contribution in [-0.2, 0) is 6.42 Å². The van der Waals surface area contributed by atoms with Crippen molar-refractivity contribution in [2.24, 2.45) is 0 Å². The van der Waals surface area contributed by atoms with Crippen molar-refractivity contribution in [3.63, 3.8) is 0 Å². The van der Waals surface area contributed by atoms with Gasteiger partial charge in [0.25, 0.3) is 5.91 Å². The first kappa shape index (κ1) is 19.6. The van der Waals surface area contributed by atoms with Gasteiger partial charge >= 0.3 is 11.8 Å². The van der Waals surface area contributed by atoms with Crippen molar-refractivity contribution >= 4 is 22.9 Å². The SMILES string of the molecule is O=C(NCC(F)(F)F)c1cc(-c2c[nH][n+]3cc(-c4ccc5c(c4)CCO5)cnc23)cs1. The van der Waals surface area contributed by atoms with E-state index < -0.39 is 18.6 Å². The molecule has 5 rings (SSSR count). The van der Waals surface area contributed by atoms with E-state index in [-0.39, 0.29) is 4.88 Å². The molecule has 0 unspecified atom stereocenters. The van der Waals surface area contributed by atoms with Gasteiger partial charge in [0, 0.05) is 12.0 Å². The summed E-state index contributed by atoms with van der Waals surface area (Å²) in [6.45, 7) is -0.664. The minimum Gasteiger partial charge on any atom is -0.493 e. The third kappa shape index (κ3) is 3.86. The van der Waals surface area contributed by atoms with Gasteiger partial charge in [0.05, 0.1) is 28.8 Å². The minimum atomic E-state index is -4.45. The zero-order valence-corrected chi connectivity index (χ0v) is 16.8. The van der Waals surface area contributed by atoms with Gasteiger partial charge in [0.15, 0.2) is 6.20 Å². The van der Waals surface area contributed by atoms with Crippen molar-refractivity contribution in [3.05, 3.63) is 58.7 Å². The number of fused-ring (bicyclic) bond motifs is 2. The predicted octanol–water partition coefficient (Wildman–Crippen LogP) is 3.77. The largest absolute Gasteiger partial charge is 0.493 e. The third-order valence-corrected chi connectivity index (χ3v) is 5.95. The maximum Gasteiger partial charge on any atom is 0.405 e. The maximum absolute atomic E-state index is 12.3. The minimum absolute atomic E-state index is 0.204. The van der Waals surface area contributed by atoms with Gasteiger partial charge < -0.3 is 10.1 Å². The molecule has 0 saturated carbocycles. The quantitative estimate of drug-likeness (QED) is 0.470. The number of benzene rings is 1. The Morgan fingerprint density at radius 1 is 1.26 bits per heavy atom. The van der Waals surface area contributed by atoms with Gasteiger partial charge in [-0.15, -0.1) is 15.9 Å². The molecule has 2 N–H and O–H groups in total. The molecule has 31 heavy (non-hydrogen) atoms. The molecule has 0 spiro atoms. The van der Waals surface area contributed by atoms with Crippen molar-refractivity contribution in [3.8, 4) is 28.0 Å². The van der Waals surface area contributed by atoms with E-state index in [1.54, 1.807) is 28.4 Å². The lowest BCUT2D eigenvalue weighted by atomic mass is 10.0. The molecule has 10 heteroatoms. The molecule has 0 bridgehead atoms. The summed E-state index contributed by atoms with van der Waals surface area (Å²) in [5.41, 5.74) is 5.23. The van der Waals surface area contributed by atoms with Gasteiger partial charge in [-0.3, -0.25) is 4.79 Å². The Hall–Kier alpha value is -3.40. The van der Waals surface area contributed by atoms with Gasteiger partial charge in [0.2, 0.25) is 0 Å². The average Bonchev–Trinajstić information content (AvgIpc) is 3.48. The highest BCUT2D eigenvalue weighted by molar-refractivity contribution is 7.12. The summed E-state index contributed by atoms with van der Waals surface area (Å²) in [6.07, 6.45) is 1.88. The molecule has 158 valence electrons. The van der Waals surface area contributed by atoms with Crippen LogP contribution in [0.4, 0.5) is 13.2 Å². The summed E-state index contributed by atoms with van der Waals surface area (Å²) in [5, 5.41) is 6.73. The molecule has 0 fully saturated rings. The first-order chi connectivity index (χ1) is 14.9. The Kier molecular flexibility index (Phi) is 4.66. The molecule has 1 aromatic carbocycles. The number of carbonyl (C=O) groups excluding carboxylic acids is 1. The molecule has 3 aromatic heterocycles. The highest BCUT2D eigenvalue weighted by Gasteiger charge is 2.28. The lowest BCUT2D eigenvalue weighted by molar-refractivity contribution is -0.578. The molecule has 4 heterocycles. The van der Waals surface area contributed by atoms with Crippen LogP contribution in [0.3, 0.4) is 0 Å². The molecule has 6 nitrogen and oxygen atoms in total. The third-order valence-electron chi connectivity index (χ3n) is 5.02. The molecule has 1 aliphatic heterocycles. The summed E-state index contributed by atoms with van der Waals surface area (Å²) in [5.74, 6) is 0.164. The van der Waals surface area contributed by atoms with E-state index in [0.717, 1.165) is 40.2 Å². The normalized spacial score (nSPS) is 13.3. The number of hydrogen-bond acceptors (Lipinski definition) is 4. The summed E-state index contributed by atoms with van der Waals surface area (Å²) in [7, 11) is 0. The van der Waals surface area contributed by atoms with Gasteiger partial charge in [-0.1, -0.05) is 6.07 Å².